The molecule has 0 aliphatic carbocycles. The monoisotopic (exact) mass is 263 g/mol. The molecule has 0 aromatic rings. The summed E-state index contributed by atoms with van der Waals surface area (Å²) in [5.74, 6) is 0. The molecule has 0 unspecified atom stereocenters. The van der Waals surface area contributed by atoms with Crippen molar-refractivity contribution in [3.8, 4) is 0 Å². The third kappa shape index (κ3) is 2.79. The fourth-order valence-electron chi connectivity index (χ4n) is 2.45. The van der Waals surface area contributed by atoms with Crippen LogP contribution in [0.4, 0.5) is 0 Å². The van der Waals surface area contributed by atoms with E-state index in [-0.39, 0.29) is 18.2 Å². The number of ether oxygens (including phenoxy) is 1. The highest BCUT2D eigenvalue weighted by molar-refractivity contribution is 7.86. The molecule has 0 amide bonds. The fourth-order valence-corrected chi connectivity index (χ4v) is 4.29. The first kappa shape index (κ1) is 13.2. The van der Waals surface area contributed by atoms with Crippen LogP contribution in [0.2, 0.25) is 0 Å². The van der Waals surface area contributed by atoms with Gasteiger partial charge in [-0.3, -0.25) is 0 Å². The Morgan fingerprint density at radius 3 is 2.18 bits per heavy atom. The molecule has 2 saturated heterocycles. The van der Waals surface area contributed by atoms with Crippen LogP contribution < -0.4 is 5.73 Å². The van der Waals surface area contributed by atoms with E-state index in [1.165, 1.54) is 8.61 Å². The molecule has 0 spiro atoms. The molecule has 2 rings (SSSR count). The molecule has 2 fully saturated rings. The molecule has 2 aliphatic rings. The molecule has 2 aliphatic heterocycles. The average molecular weight is 263 g/mol. The van der Waals surface area contributed by atoms with Gasteiger partial charge >= 0.3 is 0 Å². The molecule has 0 aromatic carbocycles. The fraction of sp³-hybridized carbons (Fsp3) is 1.00. The van der Waals surface area contributed by atoms with Gasteiger partial charge in [-0.25, -0.2) is 0 Å². The maximum absolute atomic E-state index is 12.4. The van der Waals surface area contributed by atoms with Crippen molar-refractivity contribution < 1.29 is 13.2 Å². The summed E-state index contributed by atoms with van der Waals surface area (Å²) in [6.07, 6.45) is 0.642. The van der Waals surface area contributed by atoms with Gasteiger partial charge in [0.15, 0.2) is 0 Å². The van der Waals surface area contributed by atoms with E-state index in [4.69, 9.17) is 10.5 Å². The number of nitrogens with zero attached hydrogens (tertiary/aromatic N) is 2. The minimum Gasteiger partial charge on any atom is -0.373 e. The molecule has 0 aromatic heterocycles. The smallest absolute Gasteiger partial charge is 0.282 e. The van der Waals surface area contributed by atoms with Crippen LogP contribution >= 0.6 is 0 Å². The molecular weight excluding hydrogens is 242 g/mol. The Morgan fingerprint density at radius 2 is 1.71 bits per heavy atom. The molecule has 6 nitrogen and oxygen atoms in total. The lowest BCUT2D eigenvalue weighted by molar-refractivity contribution is -0.0453. The summed E-state index contributed by atoms with van der Waals surface area (Å²) < 4.78 is 33.3. The second-order valence-electron chi connectivity index (χ2n) is 4.99. The molecule has 3 atom stereocenters. The Balaban J connectivity index is 2.09. The van der Waals surface area contributed by atoms with Crippen molar-refractivity contribution in [1.82, 2.24) is 8.61 Å². The summed E-state index contributed by atoms with van der Waals surface area (Å²) in [7, 11) is -3.35. The molecule has 17 heavy (non-hydrogen) atoms. The van der Waals surface area contributed by atoms with E-state index in [1.54, 1.807) is 0 Å². The third-order valence-electron chi connectivity index (χ3n) is 3.23. The largest absolute Gasteiger partial charge is 0.373 e. The molecule has 7 heteroatoms. The predicted molar refractivity (Wildman–Crippen MR) is 64.7 cm³/mol. The first-order valence-corrected chi connectivity index (χ1v) is 7.45. The predicted octanol–water partition coefficient (Wildman–Crippen LogP) is -0.627. The summed E-state index contributed by atoms with van der Waals surface area (Å²) in [5, 5.41) is 0. The van der Waals surface area contributed by atoms with Crippen LogP contribution in [-0.2, 0) is 14.9 Å². The Bertz CT molecular complexity index is 363. The van der Waals surface area contributed by atoms with E-state index in [0.29, 0.717) is 26.2 Å². The van der Waals surface area contributed by atoms with E-state index in [9.17, 15) is 8.42 Å². The Kier molecular flexibility index (Phi) is 3.74. The van der Waals surface area contributed by atoms with Crippen LogP contribution in [0, 0.1) is 0 Å². The lowest BCUT2D eigenvalue weighted by Crippen LogP contribution is -2.52. The zero-order valence-electron chi connectivity index (χ0n) is 10.4. The van der Waals surface area contributed by atoms with Crippen molar-refractivity contribution in [3.63, 3.8) is 0 Å². The molecule has 2 heterocycles. The van der Waals surface area contributed by atoms with E-state index in [2.05, 4.69) is 0 Å². The third-order valence-corrected chi connectivity index (χ3v) is 5.16. The zero-order valence-corrected chi connectivity index (χ0v) is 11.2. The van der Waals surface area contributed by atoms with Crippen LogP contribution in [0.15, 0.2) is 0 Å². The maximum Gasteiger partial charge on any atom is 0.282 e. The Labute approximate surface area is 103 Å². The van der Waals surface area contributed by atoms with Crippen molar-refractivity contribution in [2.75, 3.05) is 26.2 Å². The molecule has 100 valence electrons. The SMILES string of the molecule is C[C@H]1CN(S(=O)(=O)N2CC[C@H](N)C2)C[C@H](C)O1. The Hall–Kier alpha value is -0.210. The van der Waals surface area contributed by atoms with Gasteiger partial charge in [-0.15, -0.1) is 0 Å². The van der Waals surface area contributed by atoms with E-state index in [0.717, 1.165) is 6.42 Å². The minimum absolute atomic E-state index is 0.0272. The number of morpholine rings is 1. The zero-order chi connectivity index (χ0) is 12.6. The number of nitrogens with two attached hydrogens (primary N) is 1. The highest BCUT2D eigenvalue weighted by Gasteiger charge is 2.37. The van der Waals surface area contributed by atoms with Gasteiger partial charge in [-0.05, 0) is 20.3 Å². The van der Waals surface area contributed by atoms with Gasteiger partial charge < -0.3 is 10.5 Å². The summed E-state index contributed by atoms with van der Waals surface area (Å²) in [6.45, 7) is 5.62. The second-order valence-corrected chi connectivity index (χ2v) is 6.92. The van der Waals surface area contributed by atoms with Gasteiger partial charge in [0.25, 0.3) is 10.2 Å². The Morgan fingerprint density at radius 1 is 1.12 bits per heavy atom. The van der Waals surface area contributed by atoms with Crippen LogP contribution in [0.1, 0.15) is 20.3 Å². The van der Waals surface area contributed by atoms with Gasteiger partial charge in [0.1, 0.15) is 0 Å². The molecule has 0 saturated carbocycles. The lowest BCUT2D eigenvalue weighted by Gasteiger charge is -2.36. The number of rotatable bonds is 2. The second kappa shape index (κ2) is 4.81. The van der Waals surface area contributed by atoms with Gasteiger partial charge in [-0.2, -0.15) is 17.0 Å². The standard InChI is InChI=1S/C10H21N3O3S/c1-8-5-13(6-9(2)16-8)17(14,15)12-4-3-10(11)7-12/h8-10H,3-7,11H2,1-2H3/t8-,9-,10-/m0/s1. The highest BCUT2D eigenvalue weighted by Crippen LogP contribution is 2.20. The minimum atomic E-state index is -3.35. The van der Waals surface area contributed by atoms with Crippen molar-refractivity contribution in [3.05, 3.63) is 0 Å². The maximum atomic E-state index is 12.4. The summed E-state index contributed by atoms with van der Waals surface area (Å²) in [5.41, 5.74) is 5.76. The highest BCUT2D eigenvalue weighted by atomic mass is 32.2. The summed E-state index contributed by atoms with van der Waals surface area (Å²) >= 11 is 0. The van der Waals surface area contributed by atoms with E-state index >= 15 is 0 Å². The van der Waals surface area contributed by atoms with Crippen LogP contribution in [0.5, 0.6) is 0 Å². The first-order chi connectivity index (χ1) is 7.89. The number of hydrogen-bond donors (Lipinski definition) is 1. The molecule has 2 N–H and O–H groups in total. The molecule has 0 radical (unpaired) electrons. The van der Waals surface area contributed by atoms with Crippen LogP contribution in [-0.4, -0.2) is 61.5 Å². The van der Waals surface area contributed by atoms with Gasteiger partial charge in [0.2, 0.25) is 0 Å². The topological polar surface area (TPSA) is 75.9 Å². The molecular formula is C10H21N3O3S. The summed E-state index contributed by atoms with van der Waals surface area (Å²) in [6, 6.07) is -0.0272. The van der Waals surface area contributed by atoms with Crippen molar-refractivity contribution in [2.45, 2.75) is 38.5 Å². The van der Waals surface area contributed by atoms with Crippen molar-refractivity contribution >= 4 is 10.2 Å². The van der Waals surface area contributed by atoms with Crippen LogP contribution in [0.25, 0.3) is 0 Å². The normalized spacial score (nSPS) is 37.5. The molecule has 0 bridgehead atoms. The number of hydrogen-bond acceptors (Lipinski definition) is 4. The van der Waals surface area contributed by atoms with Crippen molar-refractivity contribution in [2.24, 2.45) is 5.73 Å². The van der Waals surface area contributed by atoms with Gasteiger partial charge in [-0.1, -0.05) is 0 Å². The quantitative estimate of drug-likeness (QED) is 0.720. The van der Waals surface area contributed by atoms with E-state index in [1.807, 2.05) is 13.8 Å². The van der Waals surface area contributed by atoms with Gasteiger partial charge in [0, 0.05) is 32.2 Å². The van der Waals surface area contributed by atoms with Gasteiger partial charge in [0.05, 0.1) is 12.2 Å². The lowest BCUT2D eigenvalue weighted by atomic mass is 10.3. The van der Waals surface area contributed by atoms with Crippen LogP contribution in [0.3, 0.4) is 0 Å². The average Bonchev–Trinajstić information content (AvgIpc) is 2.64. The first-order valence-electron chi connectivity index (χ1n) is 6.06. The van der Waals surface area contributed by atoms with E-state index < -0.39 is 10.2 Å². The summed E-state index contributed by atoms with van der Waals surface area (Å²) in [4.78, 5) is 0. The van der Waals surface area contributed by atoms with Crippen molar-refractivity contribution in [1.29, 1.82) is 0 Å².